The van der Waals surface area contributed by atoms with Crippen LogP contribution in [-0.2, 0) is 22.5 Å². The molecular weight excluding hydrogens is 746 g/mol. The van der Waals surface area contributed by atoms with Crippen LogP contribution in [-0.4, -0.2) is 57.0 Å². The van der Waals surface area contributed by atoms with Crippen molar-refractivity contribution in [2.75, 3.05) is 34.5 Å². The van der Waals surface area contributed by atoms with Crippen molar-refractivity contribution in [3.05, 3.63) is 116 Å². The normalized spacial score (nSPS) is 16.9. The number of amides is 1. The molecule has 1 amide bonds. The lowest BCUT2D eigenvalue weighted by atomic mass is 9.82. The van der Waals surface area contributed by atoms with Crippen LogP contribution >= 0.6 is 31.9 Å². The summed E-state index contributed by atoms with van der Waals surface area (Å²) in [5, 5.41) is 9.09. The number of benzene rings is 4. The van der Waals surface area contributed by atoms with Crippen LogP contribution in [0.5, 0.6) is 23.0 Å². The zero-order valence-corrected chi connectivity index (χ0v) is 30.0. The molecule has 1 aliphatic rings. The molecule has 252 valence electrons. The number of methoxy groups -OCH3 is 3. The van der Waals surface area contributed by atoms with Crippen LogP contribution < -0.4 is 29.8 Å². The molecule has 12 heteroatoms. The Bertz CT molecular complexity index is 1710. The molecule has 1 heterocycles. The van der Waals surface area contributed by atoms with Crippen molar-refractivity contribution in [1.82, 2.24) is 10.9 Å². The molecule has 1 aliphatic heterocycles. The Labute approximate surface area is 296 Å². The summed E-state index contributed by atoms with van der Waals surface area (Å²) in [5.41, 5.74) is 7.62. The Morgan fingerprint density at radius 2 is 1.60 bits per heavy atom. The number of hydrogen-bond donors (Lipinski definition) is 3. The van der Waals surface area contributed by atoms with Gasteiger partial charge in [0.05, 0.1) is 33.5 Å². The number of hydrogen-bond acceptors (Lipinski definition) is 9. The lowest BCUT2D eigenvalue weighted by Crippen LogP contribution is -2.53. The van der Waals surface area contributed by atoms with Crippen molar-refractivity contribution in [2.45, 2.75) is 31.0 Å². The molecule has 0 aliphatic carbocycles. The van der Waals surface area contributed by atoms with E-state index < -0.39 is 17.6 Å². The van der Waals surface area contributed by atoms with Gasteiger partial charge in [0.1, 0.15) is 23.0 Å². The average Bonchev–Trinajstić information content (AvgIpc) is 3.49. The Morgan fingerprint density at radius 3 is 2.23 bits per heavy atom. The number of aliphatic hydroxyl groups is 1. The summed E-state index contributed by atoms with van der Waals surface area (Å²) in [6, 6.07) is 26.3. The zero-order chi connectivity index (χ0) is 34.1. The standard InChI is InChI=1S/C36H37Br2N3O7/c1-44-27-19-31(45-2)29(32(20-27)46-3)22-39-41-35(43)36(21-23-9-13-25(37)14-10-23)33(28-7-4-5-8-30(28)38)48-34(40-36)24-11-15-26(16-12-24)47-18-6-17-42/h4-5,7-16,19-20,33,39,42H,6,17-18,21-22H2,1-3H3,(H,41,43)/t33-,36-/m0/s1. The predicted octanol–water partition coefficient (Wildman–Crippen LogP) is 6.32. The quantitative estimate of drug-likeness (QED) is 0.0948. The predicted molar refractivity (Wildman–Crippen MR) is 190 cm³/mol. The molecule has 48 heavy (non-hydrogen) atoms. The first-order valence-corrected chi connectivity index (χ1v) is 16.8. The summed E-state index contributed by atoms with van der Waals surface area (Å²) in [4.78, 5) is 19.7. The maximum absolute atomic E-state index is 14.6. The minimum absolute atomic E-state index is 0.0533. The maximum atomic E-state index is 14.6. The minimum atomic E-state index is -1.43. The van der Waals surface area contributed by atoms with E-state index in [0.717, 1.165) is 20.1 Å². The molecule has 0 saturated carbocycles. The fourth-order valence-electron chi connectivity index (χ4n) is 5.43. The van der Waals surface area contributed by atoms with E-state index in [1.807, 2.05) is 72.8 Å². The number of hydrazine groups is 1. The van der Waals surface area contributed by atoms with Crippen LogP contribution in [0.2, 0.25) is 0 Å². The van der Waals surface area contributed by atoms with Crippen LogP contribution in [0.1, 0.15) is 34.8 Å². The number of ether oxygens (including phenoxy) is 5. The Morgan fingerprint density at radius 1 is 0.917 bits per heavy atom. The van der Waals surface area contributed by atoms with E-state index in [1.165, 1.54) is 0 Å². The summed E-state index contributed by atoms with van der Waals surface area (Å²) >= 11 is 7.20. The van der Waals surface area contributed by atoms with Crippen molar-refractivity contribution < 1.29 is 33.6 Å². The highest BCUT2D eigenvalue weighted by molar-refractivity contribution is 9.10. The summed E-state index contributed by atoms with van der Waals surface area (Å²) < 4.78 is 30.6. The first kappa shape index (κ1) is 35.2. The molecule has 0 aromatic heterocycles. The highest BCUT2D eigenvalue weighted by atomic mass is 79.9. The molecule has 0 bridgehead atoms. The third-order valence-electron chi connectivity index (χ3n) is 7.89. The number of nitrogens with zero attached hydrogens (tertiary/aromatic N) is 1. The van der Waals surface area contributed by atoms with Gasteiger partial charge in [0.25, 0.3) is 5.91 Å². The highest BCUT2D eigenvalue weighted by Gasteiger charge is 2.54. The third-order valence-corrected chi connectivity index (χ3v) is 9.14. The number of carbonyl (C=O) groups excluding carboxylic acids is 1. The lowest BCUT2D eigenvalue weighted by molar-refractivity contribution is -0.130. The number of nitrogens with one attached hydrogen (secondary N) is 2. The van der Waals surface area contributed by atoms with Gasteiger partial charge in [0, 0.05) is 58.2 Å². The monoisotopic (exact) mass is 781 g/mol. The van der Waals surface area contributed by atoms with Gasteiger partial charge in [-0.2, -0.15) is 0 Å². The second-order valence-corrected chi connectivity index (χ2v) is 12.7. The summed E-state index contributed by atoms with van der Waals surface area (Å²) in [5.74, 6) is 2.24. The van der Waals surface area contributed by atoms with Gasteiger partial charge in [-0.3, -0.25) is 10.2 Å². The van der Waals surface area contributed by atoms with Gasteiger partial charge in [-0.05, 0) is 48.0 Å². The van der Waals surface area contributed by atoms with Gasteiger partial charge in [-0.1, -0.05) is 62.2 Å². The second-order valence-electron chi connectivity index (χ2n) is 10.9. The number of aliphatic hydroxyl groups excluding tert-OH is 1. The fourth-order valence-corrected chi connectivity index (χ4v) is 6.19. The molecule has 3 N–H and O–H groups in total. The lowest BCUT2D eigenvalue weighted by Gasteiger charge is -2.31. The molecule has 0 fully saturated rings. The molecular formula is C36H37Br2N3O7. The molecule has 4 aromatic carbocycles. The molecule has 4 aromatic rings. The van der Waals surface area contributed by atoms with Crippen molar-refractivity contribution >= 4 is 43.7 Å². The van der Waals surface area contributed by atoms with Gasteiger partial charge in [0.15, 0.2) is 11.6 Å². The minimum Gasteiger partial charge on any atom is -0.496 e. The van der Waals surface area contributed by atoms with E-state index in [1.54, 1.807) is 33.5 Å². The van der Waals surface area contributed by atoms with E-state index in [2.05, 4.69) is 42.7 Å². The molecule has 0 spiro atoms. The third kappa shape index (κ3) is 7.95. The first-order valence-electron chi connectivity index (χ1n) is 15.2. The summed E-state index contributed by atoms with van der Waals surface area (Å²) in [6.45, 7) is 0.637. The molecule has 0 saturated heterocycles. The van der Waals surface area contributed by atoms with Crippen molar-refractivity contribution in [3.8, 4) is 23.0 Å². The van der Waals surface area contributed by atoms with Gasteiger partial charge >= 0.3 is 0 Å². The van der Waals surface area contributed by atoms with Crippen molar-refractivity contribution in [3.63, 3.8) is 0 Å². The van der Waals surface area contributed by atoms with Crippen LogP contribution in [0.25, 0.3) is 0 Å². The number of carbonyl (C=O) groups is 1. The molecule has 2 atom stereocenters. The smallest absolute Gasteiger partial charge is 0.266 e. The first-order chi connectivity index (χ1) is 23.3. The molecule has 5 rings (SSSR count). The van der Waals surface area contributed by atoms with Gasteiger partial charge in [-0.15, -0.1) is 0 Å². The van der Waals surface area contributed by atoms with E-state index in [4.69, 9.17) is 33.8 Å². The largest absolute Gasteiger partial charge is 0.496 e. The molecule has 10 nitrogen and oxygen atoms in total. The van der Waals surface area contributed by atoms with E-state index in [0.29, 0.717) is 53.1 Å². The van der Waals surface area contributed by atoms with Gasteiger partial charge in [-0.25, -0.2) is 10.4 Å². The number of aliphatic imine (C=N–C) groups is 1. The highest BCUT2D eigenvalue weighted by Crippen LogP contribution is 2.44. The SMILES string of the molecule is COc1cc(OC)c(CNNC(=O)[C@@]2(Cc3ccc(Br)cc3)N=C(c3ccc(OCCCO)cc3)O[C@H]2c2ccccc2Br)c(OC)c1. The molecule has 0 unspecified atom stereocenters. The van der Waals surface area contributed by atoms with Crippen molar-refractivity contribution in [1.29, 1.82) is 0 Å². The van der Waals surface area contributed by atoms with Crippen LogP contribution in [0.4, 0.5) is 0 Å². The number of rotatable bonds is 15. The van der Waals surface area contributed by atoms with Crippen molar-refractivity contribution in [2.24, 2.45) is 4.99 Å². The average molecular weight is 784 g/mol. The molecule has 0 radical (unpaired) electrons. The Hall–Kier alpha value is -4.10. The van der Waals surface area contributed by atoms with Gasteiger partial charge in [0.2, 0.25) is 5.90 Å². The number of halogens is 2. The van der Waals surface area contributed by atoms with Crippen LogP contribution in [0.3, 0.4) is 0 Å². The second kappa shape index (κ2) is 16.3. The van der Waals surface area contributed by atoms with Gasteiger partial charge < -0.3 is 28.8 Å². The van der Waals surface area contributed by atoms with E-state index in [9.17, 15) is 4.79 Å². The van der Waals surface area contributed by atoms with Crippen LogP contribution in [0, 0.1) is 0 Å². The Kier molecular flexibility index (Phi) is 12.0. The fraction of sp³-hybridized carbons (Fsp3) is 0.278. The summed E-state index contributed by atoms with van der Waals surface area (Å²) in [6.07, 6.45) is -0.0229. The maximum Gasteiger partial charge on any atom is 0.266 e. The zero-order valence-electron chi connectivity index (χ0n) is 26.8. The van der Waals surface area contributed by atoms with E-state index >= 15 is 0 Å². The topological polar surface area (TPSA) is 120 Å². The summed E-state index contributed by atoms with van der Waals surface area (Å²) in [7, 11) is 4.69. The van der Waals surface area contributed by atoms with E-state index in [-0.39, 0.29) is 19.6 Å². The Balaban J connectivity index is 1.53. The van der Waals surface area contributed by atoms with Crippen LogP contribution in [0.15, 0.2) is 98.9 Å².